The van der Waals surface area contributed by atoms with Crippen LogP contribution in [0.4, 0.5) is 0 Å². The number of nitrogens with zero attached hydrogens (tertiary/aromatic N) is 3. The van der Waals surface area contributed by atoms with Crippen LogP contribution in [0.3, 0.4) is 0 Å². The standard InChI is InChI=1S/C29H28N4O3/c1-36-29(35)21-8-6-19(7-9-21)16-32-28(34)26-13-20(15-30)12-23-10-11-33(27(23)26)18-25-14-22-4-2-3-5-24(22)17-31-25/h2-5,10-14,17,19,21H,6-9,16,18H2,1H3,(H,32,34)/t19-,21-. The third kappa shape index (κ3) is 4.80. The number of aromatic nitrogens is 2. The molecule has 182 valence electrons. The first-order valence-corrected chi connectivity index (χ1v) is 12.3. The average molecular weight is 481 g/mol. The number of hydrogen-bond acceptors (Lipinski definition) is 5. The highest BCUT2D eigenvalue weighted by molar-refractivity contribution is 6.06. The van der Waals surface area contributed by atoms with Gasteiger partial charge in [-0.05, 0) is 61.3 Å². The summed E-state index contributed by atoms with van der Waals surface area (Å²) in [6.45, 7) is 1.05. The maximum Gasteiger partial charge on any atom is 0.308 e. The van der Waals surface area contributed by atoms with Crippen LogP contribution in [0.2, 0.25) is 0 Å². The third-order valence-electron chi connectivity index (χ3n) is 7.19. The van der Waals surface area contributed by atoms with Gasteiger partial charge in [-0.15, -0.1) is 0 Å². The van der Waals surface area contributed by atoms with Crippen LogP contribution in [-0.4, -0.2) is 35.1 Å². The minimum Gasteiger partial charge on any atom is -0.469 e. The predicted molar refractivity (Wildman–Crippen MR) is 137 cm³/mol. The van der Waals surface area contributed by atoms with Gasteiger partial charge < -0.3 is 14.6 Å². The molecule has 1 fully saturated rings. The van der Waals surface area contributed by atoms with E-state index in [0.717, 1.165) is 53.1 Å². The molecule has 0 unspecified atom stereocenters. The molecule has 4 aromatic rings. The Balaban J connectivity index is 1.36. The topological polar surface area (TPSA) is 97.0 Å². The van der Waals surface area contributed by atoms with E-state index in [1.165, 1.54) is 7.11 Å². The molecule has 0 radical (unpaired) electrons. The van der Waals surface area contributed by atoms with Crippen LogP contribution < -0.4 is 5.32 Å². The predicted octanol–water partition coefficient (Wildman–Crippen LogP) is 4.82. The van der Waals surface area contributed by atoms with Crippen LogP contribution in [-0.2, 0) is 16.1 Å². The zero-order valence-corrected chi connectivity index (χ0v) is 20.2. The number of esters is 1. The number of nitrogens with one attached hydrogen (secondary N) is 1. The SMILES string of the molecule is COC(=O)[C@H]1CC[C@H](CNC(=O)c2cc(C#N)cc3ccn(Cc4cc5ccccc5cn4)c23)CC1. The van der Waals surface area contributed by atoms with Crippen molar-refractivity contribution in [2.75, 3.05) is 13.7 Å². The van der Waals surface area contributed by atoms with Gasteiger partial charge in [0.15, 0.2) is 0 Å². The highest BCUT2D eigenvalue weighted by Crippen LogP contribution is 2.29. The Morgan fingerprint density at radius 2 is 1.86 bits per heavy atom. The number of carbonyl (C=O) groups is 2. The van der Waals surface area contributed by atoms with Crippen LogP contribution in [0.1, 0.15) is 47.3 Å². The van der Waals surface area contributed by atoms with E-state index in [4.69, 9.17) is 4.74 Å². The molecule has 2 heterocycles. The maximum absolute atomic E-state index is 13.3. The Hall–Kier alpha value is -4.18. The first-order valence-electron chi connectivity index (χ1n) is 12.3. The van der Waals surface area contributed by atoms with Gasteiger partial charge in [0.05, 0.1) is 48.0 Å². The number of carbonyl (C=O) groups excluding carboxylic acids is 2. The summed E-state index contributed by atoms with van der Waals surface area (Å²) in [6, 6.07) is 17.7. The summed E-state index contributed by atoms with van der Waals surface area (Å²) in [5.41, 5.74) is 2.62. The van der Waals surface area contributed by atoms with Crippen molar-refractivity contribution in [3.05, 3.63) is 77.7 Å². The Bertz CT molecular complexity index is 1480. The summed E-state index contributed by atoms with van der Waals surface area (Å²) in [6.07, 6.45) is 7.11. The van der Waals surface area contributed by atoms with E-state index in [2.05, 4.69) is 28.5 Å². The van der Waals surface area contributed by atoms with Gasteiger partial charge in [0.2, 0.25) is 0 Å². The second kappa shape index (κ2) is 10.2. The molecule has 7 heteroatoms. The summed E-state index contributed by atoms with van der Waals surface area (Å²) in [5.74, 6) is -0.0626. The molecule has 1 saturated carbocycles. The van der Waals surface area contributed by atoms with E-state index in [9.17, 15) is 14.9 Å². The van der Waals surface area contributed by atoms with Crippen molar-refractivity contribution in [1.29, 1.82) is 5.26 Å². The minimum atomic E-state index is -0.196. The smallest absolute Gasteiger partial charge is 0.308 e. The number of ether oxygens (including phenoxy) is 1. The van der Waals surface area contributed by atoms with E-state index < -0.39 is 0 Å². The van der Waals surface area contributed by atoms with Crippen LogP contribution in [0.5, 0.6) is 0 Å². The lowest BCUT2D eigenvalue weighted by atomic mass is 9.82. The van der Waals surface area contributed by atoms with Gasteiger partial charge in [-0.3, -0.25) is 14.6 Å². The molecule has 5 rings (SSSR count). The van der Waals surface area contributed by atoms with E-state index in [1.54, 1.807) is 6.07 Å². The van der Waals surface area contributed by atoms with Crippen molar-refractivity contribution < 1.29 is 14.3 Å². The molecule has 0 aliphatic heterocycles. The summed E-state index contributed by atoms with van der Waals surface area (Å²) >= 11 is 0. The van der Waals surface area contributed by atoms with E-state index in [0.29, 0.717) is 30.1 Å². The highest BCUT2D eigenvalue weighted by Gasteiger charge is 2.27. The number of fused-ring (bicyclic) bond motifs is 2. The number of rotatable bonds is 6. The molecule has 36 heavy (non-hydrogen) atoms. The second-order valence-corrected chi connectivity index (χ2v) is 9.49. The van der Waals surface area contributed by atoms with Crippen LogP contribution >= 0.6 is 0 Å². The molecule has 2 aromatic heterocycles. The van der Waals surface area contributed by atoms with Gasteiger partial charge in [0, 0.05) is 29.7 Å². The number of pyridine rings is 1. The average Bonchev–Trinajstić information content (AvgIpc) is 3.33. The van der Waals surface area contributed by atoms with E-state index >= 15 is 0 Å². The zero-order valence-electron chi connectivity index (χ0n) is 20.2. The molecular formula is C29H28N4O3. The molecule has 1 aliphatic rings. The lowest BCUT2D eigenvalue weighted by Gasteiger charge is -2.27. The van der Waals surface area contributed by atoms with Gasteiger partial charge in [0.25, 0.3) is 5.91 Å². The van der Waals surface area contributed by atoms with Crippen molar-refractivity contribution in [3.8, 4) is 6.07 Å². The van der Waals surface area contributed by atoms with Crippen LogP contribution in [0.15, 0.2) is 60.9 Å². The number of amides is 1. The molecule has 1 amide bonds. The lowest BCUT2D eigenvalue weighted by Crippen LogP contribution is -2.33. The van der Waals surface area contributed by atoms with Gasteiger partial charge in [-0.25, -0.2) is 0 Å². The van der Waals surface area contributed by atoms with Crippen molar-refractivity contribution >= 4 is 33.6 Å². The van der Waals surface area contributed by atoms with Crippen LogP contribution in [0, 0.1) is 23.2 Å². The van der Waals surface area contributed by atoms with Gasteiger partial charge in [-0.2, -0.15) is 5.26 Å². The first kappa shape index (κ1) is 23.6. The van der Waals surface area contributed by atoms with Crippen molar-refractivity contribution in [2.45, 2.75) is 32.2 Å². The quantitative estimate of drug-likeness (QED) is 0.399. The molecular weight excluding hydrogens is 452 g/mol. The molecule has 0 atom stereocenters. The second-order valence-electron chi connectivity index (χ2n) is 9.49. The van der Waals surface area contributed by atoms with Gasteiger partial charge >= 0.3 is 5.97 Å². The molecule has 2 aromatic carbocycles. The lowest BCUT2D eigenvalue weighted by molar-refractivity contribution is -0.146. The fourth-order valence-electron chi connectivity index (χ4n) is 5.21. The molecule has 0 saturated heterocycles. The Morgan fingerprint density at radius 3 is 2.61 bits per heavy atom. The van der Waals surface area contributed by atoms with E-state index in [1.807, 2.05) is 47.3 Å². The number of benzene rings is 2. The summed E-state index contributed by atoms with van der Waals surface area (Å²) < 4.78 is 6.89. The number of methoxy groups -OCH3 is 1. The number of nitriles is 1. The molecule has 0 bridgehead atoms. The summed E-state index contributed by atoms with van der Waals surface area (Å²) in [7, 11) is 1.43. The number of hydrogen-bond donors (Lipinski definition) is 1. The normalized spacial score (nSPS) is 17.6. The monoisotopic (exact) mass is 480 g/mol. The van der Waals surface area contributed by atoms with Gasteiger partial charge in [0.1, 0.15) is 0 Å². The summed E-state index contributed by atoms with van der Waals surface area (Å²) in [5, 5.41) is 15.7. The Kier molecular flexibility index (Phi) is 6.68. The first-order chi connectivity index (χ1) is 17.6. The van der Waals surface area contributed by atoms with Crippen molar-refractivity contribution in [1.82, 2.24) is 14.9 Å². The van der Waals surface area contributed by atoms with Gasteiger partial charge in [-0.1, -0.05) is 24.3 Å². The fourth-order valence-corrected chi connectivity index (χ4v) is 5.21. The highest BCUT2D eigenvalue weighted by atomic mass is 16.5. The molecule has 1 aliphatic carbocycles. The Labute approximate surface area is 209 Å². The maximum atomic E-state index is 13.3. The zero-order chi connectivity index (χ0) is 25.1. The van der Waals surface area contributed by atoms with Crippen molar-refractivity contribution in [2.24, 2.45) is 11.8 Å². The molecule has 1 N–H and O–H groups in total. The summed E-state index contributed by atoms with van der Waals surface area (Å²) in [4.78, 5) is 29.7. The van der Waals surface area contributed by atoms with E-state index in [-0.39, 0.29) is 17.8 Å². The largest absolute Gasteiger partial charge is 0.469 e. The fraction of sp³-hybridized carbons (Fsp3) is 0.310. The Morgan fingerprint density at radius 1 is 1.08 bits per heavy atom. The van der Waals surface area contributed by atoms with Crippen molar-refractivity contribution in [3.63, 3.8) is 0 Å². The molecule has 7 nitrogen and oxygen atoms in total. The minimum absolute atomic E-state index is 0.0409. The third-order valence-corrected chi connectivity index (χ3v) is 7.19. The van der Waals surface area contributed by atoms with Crippen LogP contribution in [0.25, 0.3) is 21.7 Å². The molecule has 0 spiro atoms.